The van der Waals surface area contributed by atoms with Crippen molar-refractivity contribution in [2.75, 3.05) is 11.9 Å². The van der Waals surface area contributed by atoms with Crippen LogP contribution in [0.2, 0.25) is 0 Å². The molecule has 0 radical (unpaired) electrons. The van der Waals surface area contributed by atoms with Crippen molar-refractivity contribution in [2.24, 2.45) is 0 Å². The third-order valence-electron chi connectivity index (χ3n) is 6.62. The highest BCUT2D eigenvalue weighted by Crippen LogP contribution is 2.31. The number of benzene rings is 3. The Morgan fingerprint density at radius 1 is 0.868 bits per heavy atom. The first-order chi connectivity index (χ1) is 18.5. The fourth-order valence-corrected chi connectivity index (χ4v) is 4.56. The van der Waals surface area contributed by atoms with Gasteiger partial charge in [0.15, 0.2) is 0 Å². The monoisotopic (exact) mass is 504 g/mol. The van der Waals surface area contributed by atoms with E-state index in [1.54, 1.807) is 17.3 Å². The number of aromatic nitrogens is 1. The molecular formula is C33H32N2O3. The number of unbranched alkanes of at least 4 members (excludes halogenated alkanes) is 1. The molecule has 0 spiro atoms. The highest BCUT2D eigenvalue weighted by molar-refractivity contribution is 5.94. The summed E-state index contributed by atoms with van der Waals surface area (Å²) in [5.74, 6) is -0.823. The van der Waals surface area contributed by atoms with Crippen molar-refractivity contribution >= 4 is 23.1 Å². The summed E-state index contributed by atoms with van der Waals surface area (Å²) in [4.78, 5) is 30.5. The van der Waals surface area contributed by atoms with E-state index in [2.05, 4.69) is 35.3 Å². The zero-order valence-corrected chi connectivity index (χ0v) is 21.5. The Bertz CT molecular complexity index is 1330. The number of carbonyl (C=O) groups excluding carboxylic acids is 1. The van der Waals surface area contributed by atoms with E-state index in [9.17, 15) is 9.59 Å². The second-order valence-corrected chi connectivity index (χ2v) is 9.23. The zero-order chi connectivity index (χ0) is 26.7. The maximum atomic E-state index is 13.6. The van der Waals surface area contributed by atoms with Gasteiger partial charge in [0.2, 0.25) is 5.91 Å². The quantitative estimate of drug-likeness (QED) is 0.224. The lowest BCUT2D eigenvalue weighted by Crippen LogP contribution is -2.28. The number of nitrogens with zero attached hydrogens (tertiary/aromatic N) is 2. The first-order valence-corrected chi connectivity index (χ1v) is 12.8. The summed E-state index contributed by atoms with van der Waals surface area (Å²) in [6.45, 7) is 0. The zero-order valence-electron chi connectivity index (χ0n) is 21.5. The number of hydrogen-bond donors (Lipinski definition) is 1. The molecule has 0 bridgehead atoms. The van der Waals surface area contributed by atoms with Crippen molar-refractivity contribution in [3.63, 3.8) is 0 Å². The van der Waals surface area contributed by atoms with Gasteiger partial charge in [0.25, 0.3) is 0 Å². The summed E-state index contributed by atoms with van der Waals surface area (Å²) in [7, 11) is 1.81. The molecule has 0 saturated carbocycles. The van der Waals surface area contributed by atoms with Gasteiger partial charge in [-0.15, -0.1) is 0 Å². The van der Waals surface area contributed by atoms with Crippen molar-refractivity contribution < 1.29 is 14.7 Å². The van der Waals surface area contributed by atoms with Crippen LogP contribution in [-0.2, 0) is 9.59 Å². The van der Waals surface area contributed by atoms with Gasteiger partial charge < -0.3 is 10.0 Å². The van der Waals surface area contributed by atoms with Gasteiger partial charge in [0, 0.05) is 49.5 Å². The van der Waals surface area contributed by atoms with Crippen LogP contribution in [0, 0.1) is 0 Å². The number of allylic oxidation sites excluding steroid dienone is 1. The molecule has 4 rings (SSSR count). The minimum absolute atomic E-state index is 0.0215. The number of amides is 1. The van der Waals surface area contributed by atoms with Crippen molar-refractivity contribution in [1.82, 2.24) is 4.98 Å². The molecule has 1 aromatic heterocycles. The van der Waals surface area contributed by atoms with E-state index >= 15 is 0 Å². The smallest absolute Gasteiger partial charge is 0.303 e. The van der Waals surface area contributed by atoms with E-state index < -0.39 is 5.97 Å². The first kappa shape index (κ1) is 26.6. The first-order valence-electron chi connectivity index (χ1n) is 12.8. The van der Waals surface area contributed by atoms with Crippen LogP contribution in [0.25, 0.3) is 5.57 Å². The van der Waals surface area contributed by atoms with Crippen molar-refractivity contribution in [2.45, 2.75) is 31.6 Å². The van der Waals surface area contributed by atoms with Crippen molar-refractivity contribution in [1.29, 1.82) is 0 Å². The van der Waals surface area contributed by atoms with Crippen LogP contribution in [0.4, 0.5) is 5.69 Å². The maximum Gasteiger partial charge on any atom is 0.303 e. The molecule has 192 valence electrons. The highest BCUT2D eigenvalue weighted by atomic mass is 16.4. The summed E-state index contributed by atoms with van der Waals surface area (Å²) in [6, 6.07) is 32.0. The largest absolute Gasteiger partial charge is 0.481 e. The minimum Gasteiger partial charge on any atom is -0.481 e. The molecule has 0 atom stereocenters. The molecule has 0 saturated heterocycles. The lowest BCUT2D eigenvalue weighted by Gasteiger charge is -2.23. The molecule has 38 heavy (non-hydrogen) atoms. The molecule has 5 heteroatoms. The number of anilines is 1. The van der Waals surface area contributed by atoms with Gasteiger partial charge >= 0.3 is 5.97 Å². The van der Waals surface area contributed by atoms with Gasteiger partial charge in [0.1, 0.15) is 0 Å². The Morgan fingerprint density at radius 3 is 2.13 bits per heavy atom. The van der Waals surface area contributed by atoms with Gasteiger partial charge in [-0.1, -0.05) is 84.9 Å². The molecule has 1 heterocycles. The van der Waals surface area contributed by atoms with E-state index in [0.717, 1.165) is 33.5 Å². The lowest BCUT2D eigenvalue weighted by molar-refractivity contribution is -0.137. The molecule has 0 aliphatic rings. The van der Waals surface area contributed by atoms with Crippen LogP contribution in [0.15, 0.2) is 116 Å². The summed E-state index contributed by atoms with van der Waals surface area (Å²) < 4.78 is 0. The lowest BCUT2D eigenvalue weighted by atomic mass is 9.88. The molecule has 0 aliphatic heterocycles. The number of pyridine rings is 1. The number of carbonyl (C=O) groups is 2. The van der Waals surface area contributed by atoms with Crippen molar-refractivity contribution in [3.8, 4) is 0 Å². The van der Waals surface area contributed by atoms with E-state index in [0.29, 0.717) is 19.3 Å². The number of hydrogen-bond acceptors (Lipinski definition) is 3. The van der Waals surface area contributed by atoms with Gasteiger partial charge in [0.05, 0.1) is 0 Å². The predicted molar refractivity (Wildman–Crippen MR) is 152 cm³/mol. The van der Waals surface area contributed by atoms with E-state index in [1.165, 1.54) is 0 Å². The Labute approximate surface area is 224 Å². The molecule has 5 nitrogen and oxygen atoms in total. The molecule has 3 aromatic carbocycles. The summed E-state index contributed by atoms with van der Waals surface area (Å²) in [5, 5.41) is 9.00. The summed E-state index contributed by atoms with van der Waals surface area (Å²) >= 11 is 0. The molecular weight excluding hydrogens is 472 g/mol. The average molecular weight is 505 g/mol. The molecule has 0 aliphatic carbocycles. The normalized spacial score (nSPS) is 11.4. The van der Waals surface area contributed by atoms with E-state index in [-0.39, 0.29) is 18.2 Å². The summed E-state index contributed by atoms with van der Waals surface area (Å²) in [5.41, 5.74) is 5.88. The van der Waals surface area contributed by atoms with Gasteiger partial charge in [-0.3, -0.25) is 14.6 Å². The van der Waals surface area contributed by atoms with Crippen LogP contribution in [-0.4, -0.2) is 29.0 Å². The standard InChI is InChI=1S/C33H32N2O3/c1-35(32(36)23-31(25-12-4-2-5-13-25)26-14-6-3-7-15-26)29-18-10-16-27(22-29)30(19-8-9-20-33(37)38)28-17-11-21-34-24-28/h2-7,10-19,21-22,24,31H,8-9,20,23H2,1H3,(H,37,38)/b30-19-. The fraction of sp³-hybridized carbons (Fsp3) is 0.182. The van der Waals surface area contributed by atoms with Gasteiger partial charge in [-0.05, 0) is 53.3 Å². The van der Waals surface area contributed by atoms with Gasteiger partial charge in [-0.25, -0.2) is 0 Å². The second kappa shape index (κ2) is 13.2. The number of aliphatic carboxylic acids is 1. The Balaban J connectivity index is 1.59. The Hall–Kier alpha value is -4.51. The molecule has 4 aromatic rings. The third-order valence-corrected chi connectivity index (χ3v) is 6.62. The molecule has 0 unspecified atom stereocenters. The predicted octanol–water partition coefficient (Wildman–Crippen LogP) is 6.95. The molecule has 1 N–H and O–H groups in total. The maximum absolute atomic E-state index is 13.6. The number of rotatable bonds is 11. The Morgan fingerprint density at radius 2 is 1.53 bits per heavy atom. The summed E-state index contributed by atoms with van der Waals surface area (Å²) in [6.07, 6.45) is 7.23. The van der Waals surface area contributed by atoms with E-state index in [1.807, 2.05) is 79.8 Å². The SMILES string of the molecule is CN(C(=O)CC(c1ccccc1)c1ccccc1)c1cccc(/C(=C/CCCC(=O)O)c2cccnc2)c1. The van der Waals surface area contributed by atoms with Crippen LogP contribution < -0.4 is 4.90 Å². The Kier molecular flexibility index (Phi) is 9.19. The topological polar surface area (TPSA) is 70.5 Å². The van der Waals surface area contributed by atoms with Gasteiger partial charge in [-0.2, -0.15) is 0 Å². The van der Waals surface area contributed by atoms with Crippen LogP contribution in [0.5, 0.6) is 0 Å². The van der Waals surface area contributed by atoms with Crippen LogP contribution in [0.3, 0.4) is 0 Å². The average Bonchev–Trinajstić information content (AvgIpc) is 2.96. The fourth-order valence-electron chi connectivity index (χ4n) is 4.56. The second-order valence-electron chi connectivity index (χ2n) is 9.23. The number of carboxylic acids is 1. The van der Waals surface area contributed by atoms with E-state index in [4.69, 9.17) is 5.11 Å². The number of carboxylic acid groups (broad SMARTS) is 1. The molecule has 1 amide bonds. The van der Waals surface area contributed by atoms with Crippen LogP contribution in [0.1, 0.15) is 53.9 Å². The molecule has 0 fully saturated rings. The third kappa shape index (κ3) is 7.04. The minimum atomic E-state index is -0.798. The van der Waals surface area contributed by atoms with Crippen LogP contribution >= 0.6 is 0 Å². The highest BCUT2D eigenvalue weighted by Gasteiger charge is 2.21. The van der Waals surface area contributed by atoms with Crippen molar-refractivity contribution in [3.05, 3.63) is 138 Å².